The predicted molar refractivity (Wildman–Crippen MR) is 103 cm³/mol. The molecular formula is C21H27N2O3. The number of amides is 2. The van der Waals surface area contributed by atoms with Crippen molar-refractivity contribution in [1.82, 2.24) is 5.32 Å². The van der Waals surface area contributed by atoms with Gasteiger partial charge in [0.2, 0.25) is 11.8 Å². The molecule has 26 heavy (non-hydrogen) atoms. The van der Waals surface area contributed by atoms with Crippen molar-refractivity contribution in [3.8, 4) is 0 Å². The number of hydrogen-bond donors (Lipinski definition) is 3. The van der Waals surface area contributed by atoms with Gasteiger partial charge in [0.25, 0.3) is 0 Å². The van der Waals surface area contributed by atoms with Gasteiger partial charge in [-0.2, -0.15) is 0 Å². The molecule has 0 aromatic heterocycles. The van der Waals surface area contributed by atoms with Gasteiger partial charge in [0.15, 0.2) is 0 Å². The van der Waals surface area contributed by atoms with E-state index in [-0.39, 0.29) is 12.3 Å². The summed E-state index contributed by atoms with van der Waals surface area (Å²) in [5, 5.41) is 15.3. The first kappa shape index (κ1) is 19.9. The molecule has 0 spiro atoms. The molecule has 1 radical (unpaired) electrons. The Hall–Kier alpha value is -2.40. The monoisotopic (exact) mass is 355 g/mol. The van der Waals surface area contributed by atoms with Gasteiger partial charge in [-0.25, -0.2) is 0 Å². The van der Waals surface area contributed by atoms with Gasteiger partial charge in [-0.05, 0) is 42.0 Å². The number of benzene rings is 2. The third-order valence-corrected chi connectivity index (χ3v) is 4.71. The van der Waals surface area contributed by atoms with Crippen LogP contribution in [0.25, 0.3) is 10.8 Å². The fourth-order valence-corrected chi connectivity index (χ4v) is 3.08. The van der Waals surface area contributed by atoms with E-state index in [1.807, 2.05) is 18.2 Å². The Bertz CT molecular complexity index is 760. The Kier molecular flexibility index (Phi) is 7.16. The quantitative estimate of drug-likeness (QED) is 0.644. The van der Waals surface area contributed by atoms with Crippen molar-refractivity contribution in [3.05, 3.63) is 54.4 Å². The molecule has 2 rings (SSSR count). The second kappa shape index (κ2) is 9.34. The van der Waals surface area contributed by atoms with E-state index in [0.717, 1.165) is 10.9 Å². The molecular weight excluding hydrogens is 328 g/mol. The van der Waals surface area contributed by atoms with E-state index in [1.54, 1.807) is 20.4 Å². The highest BCUT2D eigenvalue weighted by Gasteiger charge is 2.25. The van der Waals surface area contributed by atoms with E-state index < -0.39 is 23.8 Å². The van der Waals surface area contributed by atoms with E-state index in [2.05, 4.69) is 29.6 Å². The third kappa shape index (κ3) is 5.56. The molecule has 0 saturated heterocycles. The highest BCUT2D eigenvalue weighted by atomic mass is 16.3. The molecule has 0 bridgehead atoms. The number of nitrogens with two attached hydrogens (primary N) is 1. The third-order valence-electron chi connectivity index (χ3n) is 4.71. The van der Waals surface area contributed by atoms with Crippen molar-refractivity contribution in [3.63, 3.8) is 0 Å². The molecule has 0 aliphatic rings. The molecule has 0 fully saturated rings. The summed E-state index contributed by atoms with van der Waals surface area (Å²) in [6, 6.07) is 14.3. The molecule has 3 atom stereocenters. The molecule has 0 aliphatic heterocycles. The Labute approximate surface area is 154 Å². The molecule has 0 saturated carbocycles. The first-order valence-electron chi connectivity index (χ1n) is 8.90. The molecule has 2 amide bonds. The lowest BCUT2D eigenvalue weighted by molar-refractivity contribution is -0.127. The molecule has 2 aromatic rings. The van der Waals surface area contributed by atoms with Crippen LogP contribution in [-0.4, -0.2) is 30.1 Å². The number of aliphatic hydroxyl groups excluding tert-OH is 1. The number of rotatable bonds is 9. The summed E-state index contributed by atoms with van der Waals surface area (Å²) in [5.74, 6) is -1.49. The van der Waals surface area contributed by atoms with Gasteiger partial charge in [0.1, 0.15) is 0 Å². The number of nitrogens with one attached hydrogen (secondary N) is 1. The average molecular weight is 355 g/mol. The molecule has 1 unspecified atom stereocenters. The van der Waals surface area contributed by atoms with Crippen LogP contribution >= 0.6 is 0 Å². The fourth-order valence-electron chi connectivity index (χ4n) is 3.08. The Morgan fingerprint density at radius 1 is 1.15 bits per heavy atom. The second-order valence-electron chi connectivity index (χ2n) is 6.77. The number of aliphatic hydroxyl groups is 1. The summed E-state index contributed by atoms with van der Waals surface area (Å²) < 4.78 is 0. The lowest BCUT2D eigenvalue weighted by Crippen LogP contribution is -2.34. The molecule has 4 N–H and O–H groups in total. The van der Waals surface area contributed by atoms with Crippen molar-refractivity contribution in [2.75, 3.05) is 7.05 Å². The molecule has 0 heterocycles. The van der Waals surface area contributed by atoms with Crippen LogP contribution in [0.4, 0.5) is 0 Å². The van der Waals surface area contributed by atoms with Gasteiger partial charge in [0, 0.05) is 18.9 Å². The highest BCUT2D eigenvalue weighted by molar-refractivity contribution is 5.83. The van der Waals surface area contributed by atoms with Crippen LogP contribution in [0.1, 0.15) is 25.3 Å². The Balaban J connectivity index is 1.94. The minimum Gasteiger partial charge on any atom is -0.393 e. The lowest BCUT2D eigenvalue weighted by atomic mass is 9.88. The zero-order chi connectivity index (χ0) is 19.1. The van der Waals surface area contributed by atoms with Gasteiger partial charge in [0.05, 0.1) is 6.10 Å². The van der Waals surface area contributed by atoms with E-state index in [9.17, 15) is 14.7 Å². The summed E-state index contributed by atoms with van der Waals surface area (Å²) in [7, 11) is 1.55. The fraction of sp³-hybridized carbons (Fsp3) is 0.381. The summed E-state index contributed by atoms with van der Waals surface area (Å²) >= 11 is 0. The largest absolute Gasteiger partial charge is 0.393 e. The smallest absolute Gasteiger partial charge is 0.222 e. The van der Waals surface area contributed by atoms with Crippen LogP contribution in [0.2, 0.25) is 0 Å². The number of fused-ring (bicyclic) bond motifs is 1. The first-order chi connectivity index (χ1) is 12.4. The first-order valence-corrected chi connectivity index (χ1v) is 8.90. The van der Waals surface area contributed by atoms with E-state index in [0.29, 0.717) is 12.8 Å². The predicted octanol–water partition coefficient (Wildman–Crippen LogP) is 2.21. The van der Waals surface area contributed by atoms with Crippen molar-refractivity contribution < 1.29 is 14.7 Å². The topological polar surface area (TPSA) is 92.4 Å². The average Bonchev–Trinajstić information content (AvgIpc) is 2.64. The minimum absolute atomic E-state index is 0.184. The van der Waals surface area contributed by atoms with Crippen LogP contribution in [0.5, 0.6) is 0 Å². The van der Waals surface area contributed by atoms with Crippen LogP contribution < -0.4 is 11.1 Å². The van der Waals surface area contributed by atoms with Gasteiger partial charge in [-0.1, -0.05) is 49.4 Å². The standard InChI is InChI=1S/C21H27N2O3/c1-14(20(22)25)11-18(21(26)23-2)13-19(24)10-8-15-7-9-16-5-3-4-6-17(16)12-15/h3-7,9-10,12,14,18-19,24H,8,11,13H2,1-2H3,(H2,22,25)(H,23,26)/t14?,18-,19+/m1/s1. The van der Waals surface area contributed by atoms with E-state index in [1.165, 1.54) is 5.39 Å². The van der Waals surface area contributed by atoms with Crippen molar-refractivity contribution in [2.24, 2.45) is 17.6 Å². The molecule has 2 aromatic carbocycles. The van der Waals surface area contributed by atoms with Gasteiger partial charge in [-0.3, -0.25) is 9.59 Å². The Morgan fingerprint density at radius 2 is 1.85 bits per heavy atom. The molecule has 139 valence electrons. The molecule has 5 heteroatoms. The molecule has 0 aliphatic carbocycles. The minimum atomic E-state index is -0.733. The summed E-state index contributed by atoms with van der Waals surface area (Å²) in [4.78, 5) is 23.3. The maximum absolute atomic E-state index is 12.0. The van der Waals surface area contributed by atoms with Crippen molar-refractivity contribution in [2.45, 2.75) is 32.3 Å². The molecule has 5 nitrogen and oxygen atoms in total. The maximum Gasteiger partial charge on any atom is 0.222 e. The number of primary amides is 1. The number of carbonyl (C=O) groups is 2. The zero-order valence-corrected chi connectivity index (χ0v) is 15.3. The highest BCUT2D eigenvalue weighted by Crippen LogP contribution is 2.21. The van der Waals surface area contributed by atoms with Crippen LogP contribution in [0, 0.1) is 18.3 Å². The number of carbonyl (C=O) groups excluding carboxylic acids is 2. The SMILES string of the molecule is CNC(=O)[C@H](CC(C)C(N)=O)C[C@@H](O)[CH]Cc1ccc2ccccc2c1. The van der Waals surface area contributed by atoms with Gasteiger partial charge in [-0.15, -0.1) is 0 Å². The lowest BCUT2D eigenvalue weighted by Gasteiger charge is -2.21. The van der Waals surface area contributed by atoms with Crippen LogP contribution in [0.15, 0.2) is 42.5 Å². The summed E-state index contributed by atoms with van der Waals surface area (Å²) in [6.07, 6.45) is 2.27. The summed E-state index contributed by atoms with van der Waals surface area (Å²) in [6.45, 7) is 1.70. The maximum atomic E-state index is 12.0. The van der Waals surface area contributed by atoms with Crippen LogP contribution in [0.3, 0.4) is 0 Å². The zero-order valence-electron chi connectivity index (χ0n) is 15.3. The number of hydrogen-bond acceptors (Lipinski definition) is 3. The van der Waals surface area contributed by atoms with Crippen molar-refractivity contribution in [1.29, 1.82) is 0 Å². The van der Waals surface area contributed by atoms with Crippen LogP contribution in [-0.2, 0) is 16.0 Å². The van der Waals surface area contributed by atoms with E-state index >= 15 is 0 Å². The van der Waals surface area contributed by atoms with Crippen molar-refractivity contribution >= 4 is 22.6 Å². The Morgan fingerprint density at radius 3 is 2.50 bits per heavy atom. The summed E-state index contributed by atoms with van der Waals surface area (Å²) in [5.41, 5.74) is 6.40. The van der Waals surface area contributed by atoms with Gasteiger partial charge < -0.3 is 16.2 Å². The second-order valence-corrected chi connectivity index (χ2v) is 6.77. The van der Waals surface area contributed by atoms with Gasteiger partial charge >= 0.3 is 0 Å². The normalized spacial score (nSPS) is 14.6. The van der Waals surface area contributed by atoms with E-state index in [4.69, 9.17) is 5.73 Å².